The zero-order valence-corrected chi connectivity index (χ0v) is 21.8. The summed E-state index contributed by atoms with van der Waals surface area (Å²) in [5.41, 5.74) is -0.420. The summed E-state index contributed by atoms with van der Waals surface area (Å²) in [4.78, 5) is 36.6. The molecule has 2 aliphatic rings. The molecule has 0 aliphatic carbocycles. The van der Waals surface area contributed by atoms with Gasteiger partial charge >= 0.3 is 6.09 Å². The number of aromatic amines is 1. The van der Waals surface area contributed by atoms with E-state index in [1.54, 1.807) is 11.0 Å². The van der Waals surface area contributed by atoms with Gasteiger partial charge in [-0.15, -0.1) is 0 Å². The number of ether oxygens (including phenoxy) is 3. The molecule has 2 aromatic rings. The molecule has 2 fully saturated rings. The van der Waals surface area contributed by atoms with Gasteiger partial charge in [-0.3, -0.25) is 9.78 Å². The Hall–Kier alpha value is -2.08. The molecule has 10 nitrogen and oxygen atoms in total. The molecule has 1 amide bonds. The van der Waals surface area contributed by atoms with Gasteiger partial charge in [0.15, 0.2) is 5.75 Å². The van der Waals surface area contributed by atoms with Crippen LogP contribution < -0.4 is 20.5 Å². The van der Waals surface area contributed by atoms with Gasteiger partial charge in [-0.2, -0.15) is 0 Å². The third-order valence-corrected chi connectivity index (χ3v) is 6.71. The highest BCUT2D eigenvalue weighted by Crippen LogP contribution is 2.37. The Labute approximate surface area is 211 Å². The molecular weight excluding hydrogens is 530 g/mol. The predicted octanol–water partition coefficient (Wildman–Crippen LogP) is 2.76. The van der Waals surface area contributed by atoms with Gasteiger partial charge in [0.2, 0.25) is 5.95 Å². The van der Waals surface area contributed by atoms with E-state index in [0.717, 1.165) is 0 Å². The Morgan fingerprint density at radius 1 is 1.32 bits per heavy atom. The summed E-state index contributed by atoms with van der Waals surface area (Å²) in [6, 6.07) is 1.55. The maximum Gasteiger partial charge on any atom is 0.410 e. The van der Waals surface area contributed by atoms with Crippen LogP contribution in [0.1, 0.15) is 20.8 Å². The molecule has 1 aromatic carbocycles. The van der Waals surface area contributed by atoms with Crippen molar-refractivity contribution in [2.45, 2.75) is 32.4 Å². The fourth-order valence-electron chi connectivity index (χ4n) is 3.88. The third-order valence-electron chi connectivity index (χ3n) is 5.48. The van der Waals surface area contributed by atoms with E-state index in [1.807, 2.05) is 25.7 Å². The second-order valence-electron chi connectivity index (χ2n) is 9.27. The number of carbonyl (C=O) groups excluding carboxylic acids is 1. The highest BCUT2D eigenvalue weighted by molar-refractivity contribution is 9.10. The van der Waals surface area contributed by atoms with Gasteiger partial charge in [0.1, 0.15) is 17.6 Å². The van der Waals surface area contributed by atoms with Gasteiger partial charge in [-0.25, -0.2) is 9.78 Å². The third kappa shape index (κ3) is 5.76. The molecule has 0 unspecified atom stereocenters. The molecular formula is C22H29BrClN5O5. The second-order valence-corrected chi connectivity index (χ2v) is 10.5. The number of amides is 1. The topological polar surface area (TPSA) is 109 Å². The average molecular weight is 559 g/mol. The number of fused-ring (bicyclic) bond motifs is 1. The summed E-state index contributed by atoms with van der Waals surface area (Å²) >= 11 is 9.97. The molecule has 3 heterocycles. The lowest BCUT2D eigenvalue weighted by atomic mass is 10.2. The predicted molar refractivity (Wildman–Crippen MR) is 133 cm³/mol. The van der Waals surface area contributed by atoms with Crippen LogP contribution >= 0.6 is 27.5 Å². The average Bonchev–Trinajstić information content (AvgIpc) is 2.79. The lowest BCUT2D eigenvalue weighted by Crippen LogP contribution is -2.55. The Morgan fingerprint density at radius 2 is 2.06 bits per heavy atom. The van der Waals surface area contributed by atoms with E-state index < -0.39 is 5.60 Å². The van der Waals surface area contributed by atoms with Crippen LogP contribution in [0.3, 0.4) is 0 Å². The molecule has 0 bridgehead atoms. The standard InChI is InChI=1S/C22H29BrClN5O5/c1-22(2,3)34-21(31)29-5-4-25-13(11-29)12-33-18-16-15(10-14(23)17(18)24)26-20(27-19(16)30)28-6-8-32-9-7-28/h10,13,25H,4-9,11-12H2,1-3H3,(H,26,27,30)/t13-/m0/s1. The monoisotopic (exact) mass is 557 g/mol. The number of nitrogens with one attached hydrogen (secondary N) is 2. The number of benzene rings is 1. The first-order valence-corrected chi connectivity index (χ1v) is 12.4. The molecule has 12 heteroatoms. The van der Waals surface area contributed by atoms with Crippen LogP contribution in [0.25, 0.3) is 10.9 Å². The number of aromatic nitrogens is 2. The molecule has 34 heavy (non-hydrogen) atoms. The Balaban J connectivity index is 1.54. The number of rotatable bonds is 4. The smallest absolute Gasteiger partial charge is 0.410 e. The van der Waals surface area contributed by atoms with Gasteiger partial charge in [-0.1, -0.05) is 11.6 Å². The number of hydrogen-bond acceptors (Lipinski definition) is 8. The van der Waals surface area contributed by atoms with Crippen molar-refractivity contribution in [3.8, 4) is 5.75 Å². The summed E-state index contributed by atoms with van der Waals surface area (Å²) in [6.45, 7) is 9.72. The van der Waals surface area contributed by atoms with Crippen LogP contribution in [0.2, 0.25) is 5.02 Å². The van der Waals surface area contributed by atoms with Crippen LogP contribution in [-0.2, 0) is 9.47 Å². The highest BCUT2D eigenvalue weighted by Gasteiger charge is 2.28. The van der Waals surface area contributed by atoms with Gasteiger partial charge < -0.3 is 29.3 Å². The molecule has 1 aromatic heterocycles. The zero-order chi connectivity index (χ0) is 24.5. The van der Waals surface area contributed by atoms with E-state index >= 15 is 0 Å². The molecule has 4 rings (SSSR count). The largest absolute Gasteiger partial charge is 0.489 e. The van der Waals surface area contributed by atoms with Crippen molar-refractivity contribution in [1.29, 1.82) is 0 Å². The van der Waals surface area contributed by atoms with Crippen molar-refractivity contribution in [2.24, 2.45) is 0 Å². The Kier molecular flexibility index (Phi) is 7.56. The Bertz CT molecular complexity index is 1120. The number of H-pyrrole nitrogens is 1. The molecule has 186 valence electrons. The highest BCUT2D eigenvalue weighted by atomic mass is 79.9. The van der Waals surface area contributed by atoms with Gasteiger partial charge in [0.25, 0.3) is 5.56 Å². The van der Waals surface area contributed by atoms with E-state index in [0.29, 0.717) is 66.9 Å². The van der Waals surface area contributed by atoms with E-state index in [9.17, 15) is 9.59 Å². The SMILES string of the molecule is CC(C)(C)OC(=O)N1CCN[C@H](COc2c(Cl)c(Br)cc3nc(N4CCOCC4)[nH]c(=O)c23)C1. The number of carbonyl (C=O) groups is 1. The molecule has 1 atom stereocenters. The quantitative estimate of drug-likeness (QED) is 0.590. The van der Waals surface area contributed by atoms with Crippen LogP contribution in [0.4, 0.5) is 10.7 Å². The first-order valence-electron chi connectivity index (χ1n) is 11.2. The first-order chi connectivity index (χ1) is 16.1. The maximum absolute atomic E-state index is 13.1. The molecule has 2 N–H and O–H groups in total. The van der Waals surface area contributed by atoms with Gasteiger partial charge in [0, 0.05) is 37.2 Å². The van der Waals surface area contributed by atoms with Crippen molar-refractivity contribution in [3.63, 3.8) is 0 Å². The molecule has 0 radical (unpaired) electrons. The Morgan fingerprint density at radius 3 is 2.76 bits per heavy atom. The number of anilines is 1. The number of morpholine rings is 1. The molecule has 2 saturated heterocycles. The molecule has 0 saturated carbocycles. The summed E-state index contributed by atoms with van der Waals surface area (Å²) in [7, 11) is 0. The van der Waals surface area contributed by atoms with Crippen molar-refractivity contribution < 1.29 is 19.0 Å². The minimum Gasteiger partial charge on any atom is -0.489 e. The number of piperazine rings is 1. The van der Waals surface area contributed by atoms with Crippen molar-refractivity contribution in [1.82, 2.24) is 20.2 Å². The van der Waals surface area contributed by atoms with E-state index in [4.69, 9.17) is 25.8 Å². The van der Waals surface area contributed by atoms with Crippen LogP contribution in [0, 0.1) is 0 Å². The first kappa shape index (κ1) is 25.0. The molecule has 2 aliphatic heterocycles. The zero-order valence-electron chi connectivity index (χ0n) is 19.5. The van der Waals surface area contributed by atoms with Crippen molar-refractivity contribution in [3.05, 3.63) is 25.9 Å². The minimum atomic E-state index is -0.565. The molecule has 0 spiro atoms. The van der Waals surface area contributed by atoms with Gasteiger partial charge in [-0.05, 0) is 42.8 Å². The number of halogens is 2. The second kappa shape index (κ2) is 10.3. The number of nitrogens with zero attached hydrogens (tertiary/aromatic N) is 3. The lowest BCUT2D eigenvalue weighted by molar-refractivity contribution is 0.0178. The van der Waals surface area contributed by atoms with E-state index in [-0.39, 0.29) is 35.4 Å². The van der Waals surface area contributed by atoms with Crippen LogP contribution in [0.5, 0.6) is 5.75 Å². The summed E-state index contributed by atoms with van der Waals surface area (Å²) in [5, 5.41) is 3.91. The van der Waals surface area contributed by atoms with E-state index in [2.05, 4.69) is 31.2 Å². The number of hydrogen-bond donors (Lipinski definition) is 2. The maximum atomic E-state index is 13.1. The minimum absolute atomic E-state index is 0.161. The summed E-state index contributed by atoms with van der Waals surface area (Å²) in [6.07, 6.45) is -0.360. The van der Waals surface area contributed by atoms with Crippen molar-refractivity contribution in [2.75, 3.05) is 57.4 Å². The normalized spacial score (nSPS) is 19.4. The van der Waals surface area contributed by atoms with Crippen LogP contribution in [0.15, 0.2) is 15.3 Å². The lowest BCUT2D eigenvalue weighted by Gasteiger charge is -2.34. The van der Waals surface area contributed by atoms with Crippen molar-refractivity contribution >= 4 is 50.5 Å². The van der Waals surface area contributed by atoms with Gasteiger partial charge in [0.05, 0.1) is 29.8 Å². The van der Waals surface area contributed by atoms with Crippen LogP contribution in [-0.4, -0.2) is 85.1 Å². The fraction of sp³-hybridized carbons (Fsp3) is 0.591. The summed E-state index contributed by atoms with van der Waals surface area (Å²) < 4.78 is 17.5. The van der Waals surface area contributed by atoms with E-state index in [1.165, 1.54) is 0 Å². The fourth-order valence-corrected chi connectivity index (χ4v) is 4.48. The summed E-state index contributed by atoms with van der Waals surface area (Å²) in [5.74, 6) is 0.743.